The van der Waals surface area contributed by atoms with E-state index in [2.05, 4.69) is 6.58 Å². The molecule has 1 aromatic rings. The van der Waals surface area contributed by atoms with Gasteiger partial charge >= 0.3 is 6.09 Å². The number of carbonyl (C=O) groups is 1. The van der Waals surface area contributed by atoms with E-state index in [1.54, 1.807) is 0 Å². The van der Waals surface area contributed by atoms with E-state index >= 15 is 0 Å². The molecule has 0 aromatic heterocycles. The van der Waals surface area contributed by atoms with Crippen molar-refractivity contribution in [2.45, 2.75) is 39.2 Å². The number of hydrogen-bond donors (Lipinski definition) is 0. The van der Waals surface area contributed by atoms with E-state index in [1.807, 2.05) is 51.1 Å². The molecule has 0 N–H and O–H groups in total. The van der Waals surface area contributed by atoms with Crippen molar-refractivity contribution in [3.05, 3.63) is 48.2 Å². The molecule has 0 spiro atoms. The molecular formula is C15H19NO3. The monoisotopic (exact) mass is 261 g/mol. The second kappa shape index (κ2) is 5.05. The quantitative estimate of drug-likeness (QED) is 0.784. The first-order chi connectivity index (χ1) is 8.88. The average molecular weight is 261 g/mol. The van der Waals surface area contributed by atoms with Crippen LogP contribution in [0.2, 0.25) is 0 Å². The van der Waals surface area contributed by atoms with E-state index in [4.69, 9.17) is 9.47 Å². The number of amides is 1. The summed E-state index contributed by atoms with van der Waals surface area (Å²) in [5.41, 5.74) is 1.20. The van der Waals surface area contributed by atoms with Crippen LogP contribution in [-0.2, 0) is 16.1 Å². The van der Waals surface area contributed by atoms with Gasteiger partial charge in [0.15, 0.2) is 6.23 Å². The average Bonchev–Trinajstić information content (AvgIpc) is 2.96. The molecule has 1 aliphatic rings. The molecule has 0 bridgehead atoms. The predicted molar refractivity (Wildman–Crippen MR) is 72.2 cm³/mol. The third kappa shape index (κ3) is 3.58. The van der Waals surface area contributed by atoms with Crippen molar-refractivity contribution in [2.75, 3.05) is 0 Å². The Morgan fingerprint density at radius 3 is 2.53 bits per heavy atom. The van der Waals surface area contributed by atoms with Crippen LogP contribution in [0, 0.1) is 0 Å². The van der Waals surface area contributed by atoms with E-state index in [0.29, 0.717) is 12.3 Å². The van der Waals surface area contributed by atoms with Gasteiger partial charge in [0.2, 0.25) is 0 Å². The molecule has 1 fully saturated rings. The Hall–Kier alpha value is -1.81. The highest BCUT2D eigenvalue weighted by molar-refractivity contribution is 5.75. The van der Waals surface area contributed by atoms with Gasteiger partial charge in [-0.1, -0.05) is 36.9 Å². The Morgan fingerprint density at radius 1 is 1.32 bits per heavy atom. The summed E-state index contributed by atoms with van der Waals surface area (Å²) in [4.78, 5) is 13.2. The molecule has 1 aromatic carbocycles. The molecule has 0 saturated carbocycles. The van der Waals surface area contributed by atoms with Crippen LogP contribution in [0.5, 0.6) is 0 Å². The van der Waals surface area contributed by atoms with Crippen LogP contribution in [0.3, 0.4) is 0 Å². The zero-order valence-electron chi connectivity index (χ0n) is 11.6. The minimum absolute atomic E-state index is 0.366. The van der Waals surface area contributed by atoms with E-state index in [-0.39, 0.29) is 6.23 Å². The summed E-state index contributed by atoms with van der Waals surface area (Å²) in [6.07, 6.45) is -0.773. The fourth-order valence-electron chi connectivity index (χ4n) is 1.66. The van der Waals surface area contributed by atoms with Gasteiger partial charge in [0.1, 0.15) is 5.60 Å². The Morgan fingerprint density at radius 2 is 1.95 bits per heavy atom. The Balaban J connectivity index is 1.84. The lowest BCUT2D eigenvalue weighted by Gasteiger charge is -2.19. The third-order valence-electron chi connectivity index (χ3n) is 2.60. The standard InChI is InChI=1S/C15H19NO3/c1-11-13(16(11)14(17)19-15(2,3)4)18-10-12-8-6-5-7-9-12/h5-9,13H,1,10H2,2-4H3. The Bertz CT molecular complexity index is 476. The lowest BCUT2D eigenvalue weighted by Crippen LogP contribution is -2.28. The largest absolute Gasteiger partial charge is 0.443 e. The van der Waals surface area contributed by atoms with Crippen LogP contribution in [0.1, 0.15) is 26.3 Å². The van der Waals surface area contributed by atoms with Crippen molar-refractivity contribution in [1.29, 1.82) is 0 Å². The molecule has 1 heterocycles. The van der Waals surface area contributed by atoms with Gasteiger partial charge in [-0.25, -0.2) is 9.69 Å². The summed E-state index contributed by atoms with van der Waals surface area (Å²) in [5.74, 6) is 0. The Labute approximate surface area is 113 Å². The molecule has 2 rings (SSSR count). The smallest absolute Gasteiger partial charge is 0.417 e. The summed E-state index contributed by atoms with van der Waals surface area (Å²) in [5, 5.41) is 0. The first kappa shape index (κ1) is 13.6. The summed E-state index contributed by atoms with van der Waals surface area (Å²) >= 11 is 0. The normalized spacial score (nSPS) is 18.4. The van der Waals surface area contributed by atoms with Crippen LogP contribution in [-0.4, -0.2) is 22.8 Å². The maximum absolute atomic E-state index is 11.8. The zero-order chi connectivity index (χ0) is 14.0. The van der Waals surface area contributed by atoms with Crippen molar-refractivity contribution in [2.24, 2.45) is 0 Å². The zero-order valence-corrected chi connectivity index (χ0v) is 11.6. The van der Waals surface area contributed by atoms with Crippen LogP contribution in [0.25, 0.3) is 0 Å². The van der Waals surface area contributed by atoms with Crippen LogP contribution < -0.4 is 0 Å². The van der Waals surface area contributed by atoms with Gasteiger partial charge < -0.3 is 9.47 Å². The molecule has 1 unspecified atom stereocenters. The molecule has 4 nitrogen and oxygen atoms in total. The fraction of sp³-hybridized carbons (Fsp3) is 0.400. The maximum Gasteiger partial charge on any atom is 0.417 e. The number of ether oxygens (including phenoxy) is 2. The van der Waals surface area contributed by atoms with Gasteiger partial charge in [0, 0.05) is 0 Å². The molecule has 0 aliphatic carbocycles. The summed E-state index contributed by atoms with van der Waals surface area (Å²) in [7, 11) is 0. The topological polar surface area (TPSA) is 38.5 Å². The van der Waals surface area contributed by atoms with Crippen molar-refractivity contribution >= 4 is 6.09 Å². The molecule has 1 atom stereocenters. The summed E-state index contributed by atoms with van der Waals surface area (Å²) < 4.78 is 10.9. The highest BCUT2D eigenvalue weighted by atomic mass is 16.6. The number of carbonyl (C=O) groups excluding carboxylic acids is 1. The summed E-state index contributed by atoms with van der Waals surface area (Å²) in [6.45, 7) is 9.73. The Kier molecular flexibility index (Phi) is 3.62. The van der Waals surface area contributed by atoms with Crippen molar-refractivity contribution in [3.8, 4) is 0 Å². The van der Waals surface area contributed by atoms with Crippen LogP contribution >= 0.6 is 0 Å². The first-order valence-corrected chi connectivity index (χ1v) is 6.25. The first-order valence-electron chi connectivity index (χ1n) is 6.25. The predicted octanol–water partition coefficient (Wildman–Crippen LogP) is 3.29. The van der Waals surface area contributed by atoms with E-state index in [9.17, 15) is 4.79 Å². The number of rotatable bonds is 3. The van der Waals surface area contributed by atoms with Crippen LogP contribution in [0.4, 0.5) is 4.79 Å². The fourth-order valence-corrected chi connectivity index (χ4v) is 1.66. The van der Waals surface area contributed by atoms with E-state index < -0.39 is 11.7 Å². The number of benzene rings is 1. The van der Waals surface area contributed by atoms with E-state index in [1.165, 1.54) is 4.90 Å². The lowest BCUT2D eigenvalue weighted by atomic mass is 10.2. The number of hydrogen-bond acceptors (Lipinski definition) is 3. The molecular weight excluding hydrogens is 242 g/mol. The van der Waals surface area contributed by atoms with Gasteiger partial charge in [-0.2, -0.15) is 0 Å². The molecule has 0 radical (unpaired) electrons. The maximum atomic E-state index is 11.8. The minimum Gasteiger partial charge on any atom is -0.443 e. The van der Waals surface area contributed by atoms with Gasteiger partial charge in [-0.05, 0) is 26.3 Å². The third-order valence-corrected chi connectivity index (χ3v) is 2.60. The van der Waals surface area contributed by atoms with Gasteiger partial charge in [0.05, 0.1) is 12.3 Å². The molecule has 102 valence electrons. The van der Waals surface area contributed by atoms with Crippen molar-refractivity contribution < 1.29 is 14.3 Å². The molecule has 1 aliphatic heterocycles. The van der Waals surface area contributed by atoms with Crippen molar-refractivity contribution in [1.82, 2.24) is 4.90 Å². The van der Waals surface area contributed by atoms with Crippen LogP contribution in [0.15, 0.2) is 42.6 Å². The summed E-state index contributed by atoms with van der Waals surface area (Å²) in [6, 6.07) is 9.80. The molecule has 1 amide bonds. The van der Waals surface area contributed by atoms with Gasteiger partial charge in [-0.3, -0.25) is 0 Å². The highest BCUT2D eigenvalue weighted by Crippen LogP contribution is 2.34. The molecule has 1 saturated heterocycles. The second-order valence-electron chi connectivity index (χ2n) is 5.49. The number of nitrogens with zero attached hydrogens (tertiary/aromatic N) is 1. The minimum atomic E-state index is -0.510. The van der Waals surface area contributed by atoms with Gasteiger partial charge in [0.25, 0.3) is 0 Å². The molecule has 19 heavy (non-hydrogen) atoms. The molecule has 4 heteroatoms. The lowest BCUT2D eigenvalue weighted by molar-refractivity contribution is 0.0200. The van der Waals surface area contributed by atoms with E-state index in [0.717, 1.165) is 5.56 Å². The SMILES string of the molecule is C=C1C(OCc2ccccc2)N1C(=O)OC(C)(C)C. The second-order valence-corrected chi connectivity index (χ2v) is 5.49. The van der Waals surface area contributed by atoms with Crippen molar-refractivity contribution in [3.63, 3.8) is 0 Å². The van der Waals surface area contributed by atoms with Gasteiger partial charge in [-0.15, -0.1) is 0 Å². The highest BCUT2D eigenvalue weighted by Gasteiger charge is 2.47.